The van der Waals surface area contributed by atoms with Crippen LogP contribution in [0, 0.1) is 10.8 Å². The topological polar surface area (TPSA) is 102 Å². The van der Waals surface area contributed by atoms with E-state index in [9.17, 15) is 14.4 Å². The quantitative estimate of drug-likeness (QED) is 0.300. The Morgan fingerprint density at radius 3 is 1.65 bits per heavy atom. The SMILES string of the molecule is COC(=O)C12CN(C)CC(C(=O)OC)(C1=O)C(c1cccc(Br)n1)N(C)C2c1cccc(Br)n1. The minimum atomic E-state index is -1.72. The normalized spacial score (nSPS) is 29.5. The first-order chi connectivity index (χ1) is 16.1. The Hall–Kier alpha value is -2.21. The predicted octanol–water partition coefficient (Wildman–Crippen LogP) is 2.56. The number of hydrogen-bond donors (Lipinski definition) is 0. The van der Waals surface area contributed by atoms with Crippen LogP contribution in [-0.2, 0) is 23.9 Å². The fraction of sp³-hybridized carbons (Fsp3) is 0.435. The van der Waals surface area contributed by atoms with E-state index in [0.717, 1.165) is 0 Å². The van der Waals surface area contributed by atoms with Crippen LogP contribution in [0.2, 0.25) is 0 Å². The number of ether oxygens (including phenoxy) is 2. The van der Waals surface area contributed by atoms with Gasteiger partial charge in [0.2, 0.25) is 0 Å². The van der Waals surface area contributed by atoms with Gasteiger partial charge in [0.15, 0.2) is 16.6 Å². The third kappa shape index (κ3) is 3.52. The van der Waals surface area contributed by atoms with Gasteiger partial charge in [0.05, 0.1) is 37.7 Å². The summed E-state index contributed by atoms with van der Waals surface area (Å²) in [6.07, 6.45) is 0. The molecule has 4 unspecified atom stereocenters. The van der Waals surface area contributed by atoms with E-state index in [1.165, 1.54) is 14.2 Å². The van der Waals surface area contributed by atoms with Crippen LogP contribution in [0.5, 0.6) is 0 Å². The molecule has 0 aromatic carbocycles. The fourth-order valence-electron chi connectivity index (χ4n) is 5.69. The Balaban J connectivity index is 2.09. The number of halogens is 2. The van der Waals surface area contributed by atoms with Gasteiger partial charge in [-0.15, -0.1) is 0 Å². The molecule has 0 aliphatic carbocycles. The molecule has 0 amide bonds. The molecule has 0 spiro atoms. The molecular weight excluding hydrogens is 572 g/mol. The molecule has 4 atom stereocenters. The van der Waals surface area contributed by atoms with Gasteiger partial charge >= 0.3 is 11.9 Å². The zero-order chi connectivity index (χ0) is 24.8. The van der Waals surface area contributed by atoms with Crippen molar-refractivity contribution in [1.82, 2.24) is 19.8 Å². The van der Waals surface area contributed by atoms with E-state index in [1.807, 2.05) is 4.90 Å². The van der Waals surface area contributed by atoms with Crippen LogP contribution in [-0.4, -0.2) is 78.9 Å². The fourth-order valence-corrected chi connectivity index (χ4v) is 6.41. The molecule has 2 aliphatic rings. The summed E-state index contributed by atoms with van der Waals surface area (Å²) in [4.78, 5) is 54.4. The van der Waals surface area contributed by atoms with Crippen LogP contribution >= 0.6 is 31.9 Å². The molecule has 0 radical (unpaired) electrons. The number of rotatable bonds is 4. The summed E-state index contributed by atoms with van der Waals surface area (Å²) in [5.41, 5.74) is -2.46. The van der Waals surface area contributed by atoms with Crippen LogP contribution in [0.25, 0.3) is 0 Å². The number of ketones is 1. The number of methoxy groups -OCH3 is 2. The van der Waals surface area contributed by atoms with Crippen molar-refractivity contribution in [2.45, 2.75) is 12.1 Å². The lowest BCUT2D eigenvalue weighted by molar-refractivity contribution is -0.202. The van der Waals surface area contributed by atoms with Gasteiger partial charge in [-0.3, -0.25) is 19.3 Å². The molecule has 2 aromatic heterocycles. The summed E-state index contributed by atoms with van der Waals surface area (Å²) in [5, 5.41) is 0. The molecular formula is C23H24Br2N4O5. The summed E-state index contributed by atoms with van der Waals surface area (Å²) >= 11 is 6.79. The number of likely N-dealkylation sites (tertiary alicyclic amines) is 2. The maximum atomic E-state index is 14.5. The Morgan fingerprint density at radius 2 is 1.29 bits per heavy atom. The minimum Gasteiger partial charge on any atom is -0.468 e. The first-order valence-electron chi connectivity index (χ1n) is 10.5. The highest BCUT2D eigenvalue weighted by Gasteiger charge is 2.75. The van der Waals surface area contributed by atoms with Crippen LogP contribution in [0.3, 0.4) is 0 Å². The zero-order valence-corrected chi connectivity index (χ0v) is 22.3. The van der Waals surface area contributed by atoms with Gasteiger partial charge in [-0.1, -0.05) is 12.1 Å². The lowest BCUT2D eigenvalue weighted by atomic mass is 9.54. The van der Waals surface area contributed by atoms with Crippen molar-refractivity contribution in [2.24, 2.45) is 10.8 Å². The highest BCUT2D eigenvalue weighted by Crippen LogP contribution is 2.60. The smallest absolute Gasteiger partial charge is 0.322 e. The van der Waals surface area contributed by atoms with E-state index in [0.29, 0.717) is 20.6 Å². The second kappa shape index (κ2) is 9.10. The van der Waals surface area contributed by atoms with Gasteiger partial charge in [0.25, 0.3) is 0 Å². The van der Waals surface area contributed by atoms with Gasteiger partial charge in [0, 0.05) is 13.1 Å². The Kier molecular flexibility index (Phi) is 6.67. The Labute approximate surface area is 214 Å². The molecule has 180 valence electrons. The van der Waals surface area contributed by atoms with E-state index in [1.54, 1.807) is 55.4 Å². The Morgan fingerprint density at radius 1 is 0.882 bits per heavy atom. The Bertz CT molecular complexity index is 1080. The van der Waals surface area contributed by atoms with Crippen LogP contribution in [0.1, 0.15) is 23.5 Å². The van der Waals surface area contributed by atoms with Crippen molar-refractivity contribution in [3.8, 4) is 0 Å². The average molecular weight is 596 g/mol. The van der Waals surface area contributed by atoms with Gasteiger partial charge in [-0.25, -0.2) is 9.97 Å². The lowest BCUT2D eigenvalue weighted by Crippen LogP contribution is -2.75. The molecule has 0 N–H and O–H groups in total. The first kappa shape index (κ1) is 24.9. The number of hydrogen-bond acceptors (Lipinski definition) is 9. The van der Waals surface area contributed by atoms with Crippen molar-refractivity contribution in [1.29, 1.82) is 0 Å². The number of fused-ring (bicyclic) bond motifs is 2. The van der Waals surface area contributed by atoms with Crippen LogP contribution in [0.4, 0.5) is 0 Å². The largest absolute Gasteiger partial charge is 0.468 e. The predicted molar refractivity (Wildman–Crippen MR) is 129 cm³/mol. The number of pyridine rings is 2. The molecule has 34 heavy (non-hydrogen) atoms. The molecule has 4 heterocycles. The summed E-state index contributed by atoms with van der Waals surface area (Å²) in [6, 6.07) is 8.95. The van der Waals surface area contributed by atoms with E-state index in [4.69, 9.17) is 9.47 Å². The van der Waals surface area contributed by atoms with Crippen LogP contribution < -0.4 is 0 Å². The van der Waals surface area contributed by atoms with Crippen molar-refractivity contribution < 1.29 is 23.9 Å². The first-order valence-corrected chi connectivity index (χ1v) is 12.1. The molecule has 11 heteroatoms. The molecule has 2 saturated heterocycles. The van der Waals surface area contributed by atoms with Gasteiger partial charge in [-0.2, -0.15) is 0 Å². The highest BCUT2D eigenvalue weighted by molar-refractivity contribution is 9.10. The third-order valence-corrected chi connectivity index (χ3v) is 7.61. The van der Waals surface area contributed by atoms with Gasteiger partial charge in [-0.05, 0) is 70.2 Å². The number of aromatic nitrogens is 2. The van der Waals surface area contributed by atoms with E-state index < -0.39 is 40.6 Å². The van der Waals surface area contributed by atoms with Crippen molar-refractivity contribution >= 4 is 49.6 Å². The number of Topliss-reactive ketones (excluding diaryl/α,β-unsaturated/α-hetero) is 1. The minimum absolute atomic E-state index is 0.0546. The molecule has 2 aromatic rings. The second-order valence-electron chi connectivity index (χ2n) is 8.67. The van der Waals surface area contributed by atoms with Gasteiger partial charge in [0.1, 0.15) is 9.21 Å². The summed E-state index contributed by atoms with van der Waals surface area (Å²) in [6.45, 7) is 0.109. The zero-order valence-electron chi connectivity index (χ0n) is 19.1. The summed E-state index contributed by atoms with van der Waals surface area (Å²) in [7, 11) is 6.02. The maximum absolute atomic E-state index is 14.5. The molecule has 2 bridgehead atoms. The number of nitrogens with zero attached hydrogens (tertiary/aromatic N) is 4. The summed E-state index contributed by atoms with van der Waals surface area (Å²) < 4.78 is 11.5. The molecule has 2 aliphatic heterocycles. The van der Waals surface area contributed by atoms with E-state index in [-0.39, 0.29) is 13.1 Å². The van der Waals surface area contributed by atoms with Gasteiger partial charge < -0.3 is 14.4 Å². The molecule has 4 rings (SSSR count). The van der Waals surface area contributed by atoms with Crippen molar-refractivity contribution in [3.05, 3.63) is 57.0 Å². The number of piperidine rings is 2. The third-order valence-electron chi connectivity index (χ3n) is 6.73. The maximum Gasteiger partial charge on any atom is 0.322 e. The second-order valence-corrected chi connectivity index (χ2v) is 10.3. The monoisotopic (exact) mass is 594 g/mol. The average Bonchev–Trinajstić information content (AvgIpc) is 2.80. The molecule has 0 saturated carbocycles. The standard InChI is InChI=1S/C23H24Br2N4O5/c1-28-11-22(20(31)33-3)17(13-7-5-9-15(24)26-13)29(2)18(14-8-6-10-16(25)27-14)23(12-28,19(22)30)21(32)34-4/h5-10,17-18H,11-12H2,1-4H3. The highest BCUT2D eigenvalue weighted by atomic mass is 79.9. The number of carbonyl (C=O) groups is 3. The van der Waals surface area contributed by atoms with E-state index in [2.05, 4.69) is 41.8 Å². The lowest BCUT2D eigenvalue weighted by Gasteiger charge is -2.60. The summed E-state index contributed by atoms with van der Waals surface area (Å²) in [5.74, 6) is -2.00. The van der Waals surface area contributed by atoms with Crippen LogP contribution in [0.15, 0.2) is 45.6 Å². The van der Waals surface area contributed by atoms with Crippen molar-refractivity contribution in [3.63, 3.8) is 0 Å². The number of carbonyl (C=O) groups excluding carboxylic acids is 3. The molecule has 2 fully saturated rings. The number of esters is 2. The van der Waals surface area contributed by atoms with E-state index >= 15 is 0 Å². The van der Waals surface area contributed by atoms with Crippen molar-refractivity contribution in [2.75, 3.05) is 41.4 Å². The molecule has 9 nitrogen and oxygen atoms in total.